The molecule has 0 spiro atoms. The van der Waals surface area contributed by atoms with E-state index < -0.39 is 24.5 Å². The molecule has 25 heavy (non-hydrogen) atoms. The van der Waals surface area contributed by atoms with E-state index in [2.05, 4.69) is 5.32 Å². The number of halogens is 2. The number of thiocarbonyl (C=S) groups is 1. The molecule has 0 fully saturated rings. The maximum absolute atomic E-state index is 14.0. The molecule has 0 heterocycles. The fraction of sp³-hybridized carbons (Fsp3) is 0. The van der Waals surface area contributed by atoms with Crippen molar-refractivity contribution in [3.63, 3.8) is 0 Å². The number of hydrogen-bond acceptors (Lipinski definition) is 2. The minimum atomic E-state index is -3.43. The van der Waals surface area contributed by atoms with E-state index in [4.69, 9.17) is 12.2 Å². The molecule has 1 N–H and O–H groups in total. The van der Waals surface area contributed by atoms with Crippen molar-refractivity contribution >= 4 is 40.4 Å². The smallest absolute Gasteiger partial charge is 0.197 e. The quantitative estimate of drug-likeness (QED) is 0.532. The highest BCUT2D eigenvalue weighted by molar-refractivity contribution is 8.08. The van der Waals surface area contributed by atoms with Crippen LogP contribution in [0.4, 0.5) is 14.5 Å². The Kier molecular flexibility index (Phi) is 5.07. The lowest BCUT2D eigenvalue weighted by Crippen LogP contribution is -2.26. The van der Waals surface area contributed by atoms with Crippen LogP contribution in [0.5, 0.6) is 0 Å². The summed E-state index contributed by atoms with van der Waals surface area (Å²) in [6.45, 7) is 0. The van der Waals surface area contributed by atoms with E-state index in [1.807, 2.05) is 0 Å². The van der Waals surface area contributed by atoms with Gasteiger partial charge in [0.2, 0.25) is 0 Å². The third-order valence-corrected chi connectivity index (χ3v) is 7.33. The first kappa shape index (κ1) is 17.5. The van der Waals surface area contributed by atoms with Gasteiger partial charge >= 0.3 is 0 Å². The van der Waals surface area contributed by atoms with Crippen LogP contribution in [0.2, 0.25) is 0 Å². The summed E-state index contributed by atoms with van der Waals surface area (Å²) >= 11 is 5.35. The van der Waals surface area contributed by atoms with Gasteiger partial charge in [-0.05, 0) is 12.1 Å². The van der Waals surface area contributed by atoms with E-state index in [0.29, 0.717) is 10.6 Å². The van der Waals surface area contributed by atoms with Gasteiger partial charge in [-0.3, -0.25) is 0 Å². The van der Waals surface area contributed by atoms with Crippen molar-refractivity contribution in [2.75, 3.05) is 5.32 Å². The number of rotatable bonds is 4. The number of para-hydroxylation sites is 1. The summed E-state index contributed by atoms with van der Waals surface area (Å²) in [6.07, 6.45) is 0. The van der Waals surface area contributed by atoms with Gasteiger partial charge in [0.1, 0.15) is 22.1 Å². The molecule has 0 unspecified atom stereocenters. The molecule has 0 aromatic heterocycles. The van der Waals surface area contributed by atoms with Crippen LogP contribution in [0, 0.1) is 11.6 Å². The van der Waals surface area contributed by atoms with E-state index in [-0.39, 0.29) is 4.73 Å². The summed E-state index contributed by atoms with van der Waals surface area (Å²) in [5, 5.41) is 3.53. The van der Waals surface area contributed by atoms with E-state index in [1.165, 1.54) is 6.07 Å². The average molecular weight is 373 g/mol. The van der Waals surface area contributed by atoms with Gasteiger partial charge in [0.15, 0.2) is 7.14 Å². The van der Waals surface area contributed by atoms with Gasteiger partial charge in [-0.15, -0.1) is 0 Å². The highest BCUT2D eigenvalue weighted by Gasteiger charge is 2.33. The molecule has 3 aromatic rings. The number of anilines is 1. The van der Waals surface area contributed by atoms with Crippen molar-refractivity contribution in [3.8, 4) is 0 Å². The normalized spacial score (nSPS) is 11.1. The lowest BCUT2D eigenvalue weighted by atomic mass is 10.3. The summed E-state index contributed by atoms with van der Waals surface area (Å²) in [5.74, 6) is -1.59. The molecule has 0 bridgehead atoms. The first-order valence-corrected chi connectivity index (χ1v) is 9.62. The van der Waals surface area contributed by atoms with E-state index in [1.54, 1.807) is 60.7 Å². The fourth-order valence-electron chi connectivity index (χ4n) is 2.46. The first-order valence-electron chi connectivity index (χ1n) is 7.50. The Hall–Kier alpha value is -2.36. The molecule has 3 rings (SSSR count). The van der Waals surface area contributed by atoms with Crippen molar-refractivity contribution in [2.24, 2.45) is 0 Å². The largest absolute Gasteiger partial charge is 0.338 e. The molecule has 126 valence electrons. The molecule has 6 heteroatoms. The zero-order valence-corrected chi connectivity index (χ0v) is 14.7. The molecule has 0 amide bonds. The molecular weight excluding hydrogens is 359 g/mol. The minimum absolute atomic E-state index is 0.117. The van der Waals surface area contributed by atoms with E-state index in [9.17, 15) is 13.3 Å². The SMILES string of the molecule is O=P(C(=S)Nc1c(F)cccc1F)(c1ccccc1)c1ccccc1. The molecule has 0 aliphatic carbocycles. The topological polar surface area (TPSA) is 29.1 Å². The molecule has 0 saturated carbocycles. The number of nitrogens with one attached hydrogen (secondary N) is 1. The zero-order chi connectivity index (χ0) is 17.9. The fourth-order valence-corrected chi connectivity index (χ4v) is 5.42. The van der Waals surface area contributed by atoms with Crippen LogP contribution in [0.15, 0.2) is 78.9 Å². The molecule has 0 saturated heterocycles. The highest BCUT2D eigenvalue weighted by Crippen LogP contribution is 2.45. The predicted octanol–water partition coefficient (Wildman–Crippen LogP) is 4.68. The Bertz CT molecular complexity index is 884. The van der Waals surface area contributed by atoms with Crippen molar-refractivity contribution in [3.05, 3.63) is 90.5 Å². The van der Waals surface area contributed by atoms with Crippen LogP contribution in [0.25, 0.3) is 0 Å². The van der Waals surface area contributed by atoms with Gasteiger partial charge in [0.25, 0.3) is 0 Å². The average Bonchev–Trinajstić information content (AvgIpc) is 2.65. The van der Waals surface area contributed by atoms with Gasteiger partial charge in [-0.2, -0.15) is 0 Å². The lowest BCUT2D eigenvalue weighted by Gasteiger charge is -2.21. The first-order chi connectivity index (χ1) is 12.0. The second-order valence-corrected chi connectivity index (χ2v) is 8.72. The lowest BCUT2D eigenvalue weighted by molar-refractivity contribution is 0.590. The van der Waals surface area contributed by atoms with E-state index >= 15 is 0 Å². The summed E-state index contributed by atoms with van der Waals surface area (Å²) in [4.78, 5) is 0. The van der Waals surface area contributed by atoms with Crippen LogP contribution in [0.1, 0.15) is 0 Å². The highest BCUT2D eigenvalue weighted by atomic mass is 32.1. The molecular formula is C19H14F2NOPS. The van der Waals surface area contributed by atoms with Crippen molar-refractivity contribution < 1.29 is 13.3 Å². The van der Waals surface area contributed by atoms with Gasteiger partial charge in [-0.25, -0.2) is 8.78 Å². The third kappa shape index (κ3) is 3.39. The van der Waals surface area contributed by atoms with Gasteiger partial charge in [0.05, 0.1) is 0 Å². The Morgan fingerprint density at radius 3 is 1.64 bits per heavy atom. The molecule has 0 aliphatic heterocycles. The summed E-state index contributed by atoms with van der Waals surface area (Å²) in [5.41, 5.74) is -0.403. The maximum Gasteiger partial charge on any atom is 0.197 e. The van der Waals surface area contributed by atoms with Gasteiger partial charge in [0, 0.05) is 10.6 Å². The molecule has 2 nitrogen and oxygen atoms in total. The molecule has 0 radical (unpaired) electrons. The molecule has 0 atom stereocenters. The molecule has 3 aromatic carbocycles. The molecule has 0 aliphatic rings. The second-order valence-electron chi connectivity index (χ2n) is 5.31. The van der Waals surface area contributed by atoms with E-state index in [0.717, 1.165) is 12.1 Å². The summed E-state index contributed by atoms with van der Waals surface area (Å²) < 4.78 is 41.7. The zero-order valence-electron chi connectivity index (χ0n) is 13.0. The maximum atomic E-state index is 14.0. The summed E-state index contributed by atoms with van der Waals surface area (Å²) in [6, 6.07) is 20.8. The minimum Gasteiger partial charge on any atom is -0.338 e. The Morgan fingerprint density at radius 2 is 1.20 bits per heavy atom. The van der Waals surface area contributed by atoms with Crippen LogP contribution >= 0.6 is 19.4 Å². The number of benzene rings is 3. The predicted molar refractivity (Wildman–Crippen MR) is 102 cm³/mol. The van der Waals surface area contributed by atoms with Crippen molar-refractivity contribution in [2.45, 2.75) is 0 Å². The van der Waals surface area contributed by atoms with Crippen LogP contribution < -0.4 is 15.9 Å². The summed E-state index contributed by atoms with van der Waals surface area (Å²) in [7, 11) is -3.43. The third-order valence-electron chi connectivity index (χ3n) is 3.72. The Balaban J connectivity index is 2.10. The van der Waals surface area contributed by atoms with Crippen LogP contribution in [0.3, 0.4) is 0 Å². The van der Waals surface area contributed by atoms with Gasteiger partial charge < -0.3 is 9.88 Å². The van der Waals surface area contributed by atoms with Gasteiger partial charge in [-0.1, -0.05) is 78.9 Å². The van der Waals surface area contributed by atoms with Crippen molar-refractivity contribution in [1.82, 2.24) is 0 Å². The van der Waals surface area contributed by atoms with Crippen LogP contribution in [-0.4, -0.2) is 4.73 Å². The number of hydrogen-bond donors (Lipinski definition) is 1. The monoisotopic (exact) mass is 373 g/mol. The Morgan fingerprint density at radius 1 is 0.760 bits per heavy atom. The Labute approximate surface area is 149 Å². The van der Waals surface area contributed by atoms with Crippen LogP contribution in [-0.2, 0) is 4.57 Å². The second kappa shape index (κ2) is 7.26. The van der Waals surface area contributed by atoms with Crippen molar-refractivity contribution in [1.29, 1.82) is 0 Å². The standard InChI is InChI=1S/C19H14F2NOPS/c20-16-12-7-13-17(21)18(16)22-19(25)24(23,14-8-3-1-4-9-14)15-10-5-2-6-11-15/h1-13H,(H,22,25).